The summed E-state index contributed by atoms with van der Waals surface area (Å²) in [6.45, 7) is 11.2. The molecule has 2 atom stereocenters. The van der Waals surface area contributed by atoms with E-state index in [1.165, 1.54) is 12.7 Å². The van der Waals surface area contributed by atoms with Gasteiger partial charge in [0.25, 0.3) is 5.91 Å². The second kappa shape index (κ2) is 13.0. The van der Waals surface area contributed by atoms with Crippen LogP contribution in [0.2, 0.25) is 0 Å². The number of ether oxygens (including phenoxy) is 3. The molecule has 3 rings (SSSR count). The Morgan fingerprint density at radius 3 is 2.34 bits per heavy atom. The van der Waals surface area contributed by atoms with Crippen molar-refractivity contribution in [3.8, 4) is 11.5 Å². The highest BCUT2D eigenvalue weighted by atomic mass is 16.6. The molecule has 0 saturated carbocycles. The number of carbonyl (C=O) groups excluding carboxylic acids is 2. The van der Waals surface area contributed by atoms with Crippen molar-refractivity contribution >= 4 is 12.0 Å². The van der Waals surface area contributed by atoms with Crippen molar-refractivity contribution in [3.05, 3.63) is 59.7 Å². The number of aliphatic hydroxyl groups is 1. The van der Waals surface area contributed by atoms with Crippen molar-refractivity contribution in [2.75, 3.05) is 40.0 Å². The van der Waals surface area contributed by atoms with E-state index >= 15 is 0 Å². The fourth-order valence-electron chi connectivity index (χ4n) is 4.79. The van der Waals surface area contributed by atoms with E-state index in [4.69, 9.17) is 19.3 Å². The summed E-state index contributed by atoms with van der Waals surface area (Å²) in [5.41, 5.74) is 1.11. The van der Waals surface area contributed by atoms with Crippen LogP contribution in [0.25, 0.3) is 0 Å². The lowest BCUT2D eigenvalue weighted by Crippen LogP contribution is -2.42. The molecule has 208 valence electrons. The van der Waals surface area contributed by atoms with Crippen molar-refractivity contribution in [1.29, 1.82) is 0 Å². The second-order valence-electron chi connectivity index (χ2n) is 11.1. The SMILES string of the molecule is COc1ccc(C(=O)N(C[C@H]2CN(C(=O)OC(C)(C)C)C[C@@H]2Cc2ccccc2)C(C)C)cc1OCCO. The van der Waals surface area contributed by atoms with Crippen LogP contribution in [-0.4, -0.2) is 78.5 Å². The lowest BCUT2D eigenvalue weighted by molar-refractivity contribution is 0.0282. The summed E-state index contributed by atoms with van der Waals surface area (Å²) < 4.78 is 16.6. The lowest BCUT2D eigenvalue weighted by atomic mass is 9.89. The van der Waals surface area contributed by atoms with Gasteiger partial charge in [0, 0.05) is 31.2 Å². The summed E-state index contributed by atoms with van der Waals surface area (Å²) in [5, 5.41) is 9.17. The Labute approximate surface area is 226 Å². The Bertz CT molecular complexity index is 1070. The largest absolute Gasteiger partial charge is 0.493 e. The van der Waals surface area contributed by atoms with Gasteiger partial charge < -0.3 is 29.1 Å². The molecule has 8 heteroatoms. The molecular weight excluding hydrogens is 484 g/mol. The number of hydrogen-bond donors (Lipinski definition) is 1. The van der Waals surface area contributed by atoms with E-state index in [2.05, 4.69) is 12.1 Å². The Kier molecular flexibility index (Phi) is 10.0. The summed E-state index contributed by atoms with van der Waals surface area (Å²) >= 11 is 0. The molecule has 1 fully saturated rings. The third-order valence-electron chi connectivity index (χ3n) is 6.64. The molecule has 8 nitrogen and oxygen atoms in total. The second-order valence-corrected chi connectivity index (χ2v) is 11.1. The molecule has 0 unspecified atom stereocenters. The average Bonchev–Trinajstić information content (AvgIpc) is 3.27. The number of hydrogen-bond acceptors (Lipinski definition) is 6. The summed E-state index contributed by atoms with van der Waals surface area (Å²) in [4.78, 5) is 30.3. The molecular formula is C30H42N2O6. The van der Waals surface area contributed by atoms with Crippen molar-refractivity contribution in [1.82, 2.24) is 9.80 Å². The minimum absolute atomic E-state index is 0.0561. The first kappa shape index (κ1) is 29.3. The van der Waals surface area contributed by atoms with Gasteiger partial charge in [-0.15, -0.1) is 0 Å². The number of aliphatic hydroxyl groups excluding tert-OH is 1. The minimum Gasteiger partial charge on any atom is -0.493 e. The number of nitrogens with zero attached hydrogens (tertiary/aromatic N) is 2. The molecule has 2 aromatic rings. The molecule has 1 aliphatic heterocycles. The third kappa shape index (κ3) is 7.87. The van der Waals surface area contributed by atoms with Crippen molar-refractivity contribution in [3.63, 3.8) is 0 Å². The van der Waals surface area contributed by atoms with Gasteiger partial charge in [-0.3, -0.25) is 4.79 Å². The normalized spacial score (nSPS) is 17.4. The van der Waals surface area contributed by atoms with Gasteiger partial charge in [0.15, 0.2) is 11.5 Å². The minimum atomic E-state index is -0.575. The van der Waals surface area contributed by atoms with Gasteiger partial charge in [-0.2, -0.15) is 0 Å². The van der Waals surface area contributed by atoms with Crippen LogP contribution in [-0.2, 0) is 11.2 Å². The molecule has 0 aliphatic carbocycles. The fraction of sp³-hybridized carbons (Fsp3) is 0.533. The number of amides is 2. The van der Waals surface area contributed by atoms with Gasteiger partial charge in [-0.05, 0) is 76.6 Å². The van der Waals surface area contributed by atoms with Gasteiger partial charge in [0.1, 0.15) is 12.2 Å². The highest BCUT2D eigenvalue weighted by Crippen LogP contribution is 2.32. The van der Waals surface area contributed by atoms with E-state index < -0.39 is 5.60 Å². The molecule has 1 aliphatic rings. The Hall–Kier alpha value is -3.26. The smallest absolute Gasteiger partial charge is 0.410 e. The van der Waals surface area contributed by atoms with Gasteiger partial charge in [-0.25, -0.2) is 4.79 Å². The maximum Gasteiger partial charge on any atom is 0.410 e. The molecule has 2 aromatic carbocycles. The third-order valence-corrected chi connectivity index (χ3v) is 6.64. The van der Waals surface area contributed by atoms with Gasteiger partial charge in [0.05, 0.1) is 13.7 Å². The van der Waals surface area contributed by atoms with Crippen molar-refractivity contribution in [2.45, 2.75) is 52.7 Å². The van der Waals surface area contributed by atoms with Crippen molar-refractivity contribution in [2.24, 2.45) is 11.8 Å². The maximum absolute atomic E-state index is 13.7. The van der Waals surface area contributed by atoms with Gasteiger partial charge >= 0.3 is 6.09 Å². The predicted molar refractivity (Wildman–Crippen MR) is 147 cm³/mol. The summed E-state index contributed by atoms with van der Waals surface area (Å²) in [6, 6.07) is 15.3. The standard InChI is InChI=1S/C30H42N2O6/c1-21(2)32(28(34)23-12-13-26(36-6)27(17-23)37-15-14-33)20-25-19-31(29(35)38-30(3,4)5)18-24(25)16-22-10-8-7-9-11-22/h7-13,17,21,24-25,33H,14-16,18-20H2,1-6H3/t24-,25+/m0/s1. The topological polar surface area (TPSA) is 88.5 Å². The Balaban J connectivity index is 1.84. The molecule has 1 heterocycles. The Morgan fingerprint density at radius 2 is 1.74 bits per heavy atom. The molecule has 0 aromatic heterocycles. The lowest BCUT2D eigenvalue weighted by Gasteiger charge is -2.31. The van der Waals surface area contributed by atoms with Crippen LogP contribution in [0, 0.1) is 11.8 Å². The fourth-order valence-corrected chi connectivity index (χ4v) is 4.79. The number of carbonyl (C=O) groups is 2. The number of rotatable bonds is 10. The highest BCUT2D eigenvalue weighted by molar-refractivity contribution is 5.95. The zero-order valence-corrected chi connectivity index (χ0v) is 23.5. The maximum atomic E-state index is 13.7. The van der Waals surface area contributed by atoms with Gasteiger partial charge in [0.2, 0.25) is 0 Å². The van der Waals surface area contributed by atoms with Crippen LogP contribution in [0.5, 0.6) is 11.5 Å². The predicted octanol–water partition coefficient (Wildman–Crippen LogP) is 4.64. The number of benzene rings is 2. The first-order chi connectivity index (χ1) is 18.0. The molecule has 1 N–H and O–H groups in total. The molecule has 1 saturated heterocycles. The molecule has 0 spiro atoms. The molecule has 0 bridgehead atoms. The molecule has 0 radical (unpaired) electrons. The number of likely N-dealkylation sites (tertiary alicyclic amines) is 1. The summed E-state index contributed by atoms with van der Waals surface area (Å²) in [6.07, 6.45) is 0.494. The van der Waals surface area contributed by atoms with E-state index in [0.717, 1.165) is 6.42 Å². The average molecular weight is 527 g/mol. The van der Waals surface area contributed by atoms with E-state index in [9.17, 15) is 9.59 Å². The quantitative estimate of drug-likeness (QED) is 0.485. The first-order valence-electron chi connectivity index (χ1n) is 13.3. The highest BCUT2D eigenvalue weighted by Gasteiger charge is 2.39. The van der Waals surface area contributed by atoms with Crippen molar-refractivity contribution < 1.29 is 28.9 Å². The van der Waals surface area contributed by atoms with Gasteiger partial charge in [-0.1, -0.05) is 30.3 Å². The van der Waals surface area contributed by atoms with Crippen LogP contribution >= 0.6 is 0 Å². The molecule has 38 heavy (non-hydrogen) atoms. The zero-order valence-electron chi connectivity index (χ0n) is 23.5. The van der Waals surface area contributed by atoms with E-state index in [0.29, 0.717) is 36.7 Å². The van der Waals surface area contributed by atoms with E-state index in [1.54, 1.807) is 23.1 Å². The number of methoxy groups -OCH3 is 1. The summed E-state index contributed by atoms with van der Waals surface area (Å²) in [7, 11) is 1.53. The van der Waals surface area contributed by atoms with Crippen LogP contribution in [0.3, 0.4) is 0 Å². The Morgan fingerprint density at radius 1 is 1.05 bits per heavy atom. The van der Waals surface area contributed by atoms with Crippen LogP contribution in [0.1, 0.15) is 50.5 Å². The summed E-state index contributed by atoms with van der Waals surface area (Å²) in [5.74, 6) is 1.05. The van der Waals surface area contributed by atoms with Crippen LogP contribution < -0.4 is 9.47 Å². The van der Waals surface area contributed by atoms with E-state index in [1.807, 2.05) is 57.7 Å². The zero-order chi connectivity index (χ0) is 27.9. The van der Waals surface area contributed by atoms with Crippen LogP contribution in [0.15, 0.2) is 48.5 Å². The monoisotopic (exact) mass is 526 g/mol. The first-order valence-corrected chi connectivity index (χ1v) is 13.3. The molecule has 2 amide bonds. The van der Waals surface area contributed by atoms with Crippen LogP contribution in [0.4, 0.5) is 4.79 Å². The van der Waals surface area contributed by atoms with E-state index in [-0.39, 0.29) is 43.1 Å².